The summed E-state index contributed by atoms with van der Waals surface area (Å²) < 4.78 is 21.4. The Labute approximate surface area is 155 Å². The Morgan fingerprint density at radius 1 is 1.27 bits per heavy atom. The van der Waals surface area contributed by atoms with E-state index >= 15 is 0 Å². The van der Waals surface area contributed by atoms with Crippen molar-refractivity contribution in [2.24, 2.45) is 11.1 Å². The predicted octanol–water partition coefficient (Wildman–Crippen LogP) is 1.65. The highest BCUT2D eigenvalue weighted by atomic mass is 16.5. The maximum Gasteiger partial charge on any atom is 0.228 e. The number of nitrogens with one attached hydrogen (secondary N) is 1. The molecule has 7 heteroatoms. The molecule has 0 aliphatic carbocycles. The molecule has 1 unspecified atom stereocenters. The van der Waals surface area contributed by atoms with Gasteiger partial charge in [0.1, 0.15) is 6.61 Å². The van der Waals surface area contributed by atoms with Crippen LogP contribution in [0.2, 0.25) is 0 Å². The van der Waals surface area contributed by atoms with Crippen molar-refractivity contribution in [3.8, 4) is 11.5 Å². The van der Waals surface area contributed by atoms with Gasteiger partial charge in [-0.25, -0.2) is 0 Å². The molecule has 1 aliphatic rings. The maximum absolute atomic E-state index is 12.8. The molecule has 0 radical (unpaired) electrons. The molecule has 2 rings (SSSR count). The van der Waals surface area contributed by atoms with Gasteiger partial charge in [0.2, 0.25) is 5.91 Å². The first-order valence-corrected chi connectivity index (χ1v) is 8.95. The number of rotatable bonds is 9. The molecule has 0 aromatic heterocycles. The first-order chi connectivity index (χ1) is 12.6. The zero-order valence-electron chi connectivity index (χ0n) is 15.9. The van der Waals surface area contributed by atoms with Crippen molar-refractivity contribution in [3.63, 3.8) is 0 Å². The Morgan fingerprint density at radius 2 is 2.00 bits per heavy atom. The van der Waals surface area contributed by atoms with Gasteiger partial charge in [0.05, 0.1) is 25.2 Å². The number of ether oxygens (including phenoxy) is 4. The Hall–Kier alpha value is -1.83. The molecule has 1 saturated heterocycles. The summed E-state index contributed by atoms with van der Waals surface area (Å²) in [4.78, 5) is 12.8. The molecule has 0 bridgehead atoms. The third-order valence-electron chi connectivity index (χ3n) is 4.90. The number of carbonyl (C=O) groups excluding carboxylic acids is 1. The second-order valence-electron chi connectivity index (χ2n) is 6.54. The van der Waals surface area contributed by atoms with Gasteiger partial charge in [-0.2, -0.15) is 0 Å². The van der Waals surface area contributed by atoms with Crippen molar-refractivity contribution < 1.29 is 23.7 Å². The quantitative estimate of drug-likeness (QED) is 0.646. The van der Waals surface area contributed by atoms with E-state index in [1.165, 1.54) is 0 Å². The molecule has 0 saturated carbocycles. The van der Waals surface area contributed by atoms with Crippen LogP contribution in [0.15, 0.2) is 18.2 Å². The third kappa shape index (κ3) is 4.87. The lowest BCUT2D eigenvalue weighted by Crippen LogP contribution is -2.49. The Kier molecular flexibility index (Phi) is 7.68. The molecule has 3 N–H and O–H groups in total. The zero-order chi connectivity index (χ0) is 19.0. The van der Waals surface area contributed by atoms with Crippen molar-refractivity contribution in [2.45, 2.75) is 25.8 Å². The summed E-state index contributed by atoms with van der Waals surface area (Å²) in [5.41, 5.74) is 6.31. The predicted molar refractivity (Wildman–Crippen MR) is 98.5 cm³/mol. The van der Waals surface area contributed by atoms with Crippen LogP contribution in [-0.4, -0.2) is 53.1 Å². The largest absolute Gasteiger partial charge is 0.493 e. The number of benzene rings is 1. The van der Waals surface area contributed by atoms with Crippen LogP contribution in [0.3, 0.4) is 0 Å². The van der Waals surface area contributed by atoms with Gasteiger partial charge in [-0.3, -0.25) is 4.79 Å². The molecule has 1 amide bonds. The van der Waals surface area contributed by atoms with Gasteiger partial charge < -0.3 is 30.0 Å². The zero-order valence-corrected chi connectivity index (χ0v) is 15.9. The summed E-state index contributed by atoms with van der Waals surface area (Å²) in [7, 11) is 3.22. The average Bonchev–Trinajstić information content (AvgIpc) is 2.68. The molecular weight excluding hydrogens is 336 g/mol. The summed E-state index contributed by atoms with van der Waals surface area (Å²) >= 11 is 0. The molecule has 26 heavy (non-hydrogen) atoms. The van der Waals surface area contributed by atoms with Crippen LogP contribution < -0.4 is 20.5 Å². The number of amides is 1. The standard InChI is InChI=1S/C19H30N2O5/c1-14(21-18(22)19(13-20)6-8-25-9-7-19)15-4-5-16(17(12-15)24-3)26-11-10-23-2/h4-5,12,14H,6-11,13,20H2,1-3H3,(H,21,22). The highest BCUT2D eigenvalue weighted by Gasteiger charge is 2.39. The van der Waals surface area contributed by atoms with Crippen molar-refractivity contribution in [1.29, 1.82) is 0 Å². The Balaban J connectivity index is 2.06. The summed E-state index contributed by atoms with van der Waals surface area (Å²) in [6.07, 6.45) is 1.30. The molecule has 1 heterocycles. The van der Waals surface area contributed by atoms with Gasteiger partial charge in [0, 0.05) is 26.9 Å². The van der Waals surface area contributed by atoms with Gasteiger partial charge in [-0.05, 0) is 37.5 Å². The monoisotopic (exact) mass is 366 g/mol. The van der Waals surface area contributed by atoms with E-state index in [-0.39, 0.29) is 11.9 Å². The van der Waals surface area contributed by atoms with Gasteiger partial charge in [-0.15, -0.1) is 0 Å². The van der Waals surface area contributed by atoms with E-state index in [0.29, 0.717) is 57.3 Å². The van der Waals surface area contributed by atoms with E-state index in [0.717, 1.165) is 5.56 Å². The highest BCUT2D eigenvalue weighted by Crippen LogP contribution is 2.33. The van der Waals surface area contributed by atoms with Gasteiger partial charge in [0.25, 0.3) is 0 Å². The van der Waals surface area contributed by atoms with Crippen LogP contribution in [-0.2, 0) is 14.3 Å². The van der Waals surface area contributed by atoms with E-state index in [1.807, 2.05) is 25.1 Å². The normalized spacial score (nSPS) is 17.4. The summed E-state index contributed by atoms with van der Waals surface area (Å²) in [5.74, 6) is 1.25. The van der Waals surface area contributed by atoms with Crippen molar-refractivity contribution in [3.05, 3.63) is 23.8 Å². The number of hydrogen-bond donors (Lipinski definition) is 2. The molecule has 7 nitrogen and oxygen atoms in total. The molecular formula is C19H30N2O5. The molecule has 1 fully saturated rings. The minimum Gasteiger partial charge on any atom is -0.493 e. The van der Waals surface area contributed by atoms with E-state index in [9.17, 15) is 4.79 Å². The first-order valence-electron chi connectivity index (χ1n) is 8.95. The number of methoxy groups -OCH3 is 2. The molecule has 1 aliphatic heterocycles. The third-order valence-corrected chi connectivity index (χ3v) is 4.90. The fraction of sp³-hybridized carbons (Fsp3) is 0.632. The van der Waals surface area contributed by atoms with Crippen LogP contribution in [0, 0.1) is 5.41 Å². The Morgan fingerprint density at radius 3 is 2.62 bits per heavy atom. The number of carbonyl (C=O) groups is 1. The summed E-state index contributed by atoms with van der Waals surface area (Å²) in [5, 5.41) is 3.09. The first kappa shape index (κ1) is 20.5. The Bertz CT molecular complexity index is 587. The summed E-state index contributed by atoms with van der Waals surface area (Å²) in [6.45, 7) is 4.36. The minimum absolute atomic E-state index is 0.0183. The minimum atomic E-state index is -0.542. The van der Waals surface area contributed by atoms with Gasteiger partial charge in [0.15, 0.2) is 11.5 Å². The molecule has 1 atom stereocenters. The molecule has 1 aromatic rings. The smallest absolute Gasteiger partial charge is 0.228 e. The van der Waals surface area contributed by atoms with Crippen LogP contribution in [0.1, 0.15) is 31.4 Å². The molecule has 146 valence electrons. The lowest BCUT2D eigenvalue weighted by molar-refractivity contribution is -0.136. The lowest BCUT2D eigenvalue weighted by atomic mass is 9.79. The fourth-order valence-electron chi connectivity index (χ4n) is 3.03. The van der Waals surface area contributed by atoms with Gasteiger partial charge >= 0.3 is 0 Å². The van der Waals surface area contributed by atoms with Crippen molar-refractivity contribution in [1.82, 2.24) is 5.32 Å². The molecule has 0 spiro atoms. The molecule has 1 aromatic carbocycles. The van der Waals surface area contributed by atoms with E-state index in [4.69, 9.17) is 24.7 Å². The second-order valence-corrected chi connectivity index (χ2v) is 6.54. The SMILES string of the molecule is COCCOc1ccc(C(C)NC(=O)C2(CN)CCOCC2)cc1OC. The van der Waals surface area contributed by atoms with Crippen LogP contribution in [0.25, 0.3) is 0 Å². The highest BCUT2D eigenvalue weighted by molar-refractivity contribution is 5.83. The van der Waals surface area contributed by atoms with Crippen LogP contribution in [0.5, 0.6) is 11.5 Å². The van der Waals surface area contributed by atoms with Gasteiger partial charge in [-0.1, -0.05) is 6.07 Å². The summed E-state index contributed by atoms with van der Waals surface area (Å²) in [6, 6.07) is 5.48. The fourth-order valence-corrected chi connectivity index (χ4v) is 3.03. The van der Waals surface area contributed by atoms with Crippen LogP contribution >= 0.6 is 0 Å². The van der Waals surface area contributed by atoms with Crippen molar-refractivity contribution in [2.75, 3.05) is 47.2 Å². The lowest BCUT2D eigenvalue weighted by Gasteiger charge is -2.35. The van der Waals surface area contributed by atoms with E-state index < -0.39 is 5.41 Å². The van der Waals surface area contributed by atoms with E-state index in [2.05, 4.69) is 5.32 Å². The average molecular weight is 366 g/mol. The van der Waals surface area contributed by atoms with Crippen LogP contribution in [0.4, 0.5) is 0 Å². The van der Waals surface area contributed by atoms with E-state index in [1.54, 1.807) is 14.2 Å². The number of hydrogen-bond acceptors (Lipinski definition) is 6. The maximum atomic E-state index is 12.8. The van der Waals surface area contributed by atoms with Crippen molar-refractivity contribution >= 4 is 5.91 Å². The number of nitrogens with two attached hydrogens (primary N) is 1. The second kappa shape index (κ2) is 9.75. The topological polar surface area (TPSA) is 92.0 Å².